The molecule has 2 heteroatoms. The van der Waals surface area contributed by atoms with Gasteiger partial charge in [0.1, 0.15) is 0 Å². The number of fused-ring (bicyclic) bond motifs is 1. The quantitative estimate of drug-likeness (QED) is 0.781. The Morgan fingerprint density at radius 1 is 1.06 bits per heavy atom. The summed E-state index contributed by atoms with van der Waals surface area (Å²) < 4.78 is 0. The van der Waals surface area contributed by atoms with Crippen LogP contribution in [0.15, 0.2) is 17.7 Å². The van der Waals surface area contributed by atoms with Gasteiger partial charge in [0, 0.05) is 9.75 Å². The standard InChI is InChI=1S/C15H21NS/c16-15(11-6-2-1-3-7-11)14-10-12-8-4-5-9-13(12)17-14/h6,10,15H,1-5,7-9,16H2. The van der Waals surface area contributed by atoms with Crippen molar-refractivity contribution in [2.45, 2.75) is 57.4 Å². The molecule has 0 saturated heterocycles. The molecule has 0 aromatic carbocycles. The van der Waals surface area contributed by atoms with E-state index in [2.05, 4.69) is 12.1 Å². The van der Waals surface area contributed by atoms with Crippen molar-refractivity contribution >= 4 is 11.3 Å². The Bertz CT molecular complexity index is 407. The lowest BCUT2D eigenvalue weighted by Gasteiger charge is -2.18. The zero-order chi connectivity index (χ0) is 11.7. The molecular weight excluding hydrogens is 226 g/mol. The van der Waals surface area contributed by atoms with Crippen molar-refractivity contribution in [2.24, 2.45) is 5.73 Å². The average molecular weight is 247 g/mol. The van der Waals surface area contributed by atoms with E-state index in [1.165, 1.54) is 61.8 Å². The van der Waals surface area contributed by atoms with Gasteiger partial charge in [0.05, 0.1) is 6.04 Å². The number of rotatable bonds is 2. The number of allylic oxidation sites excluding steroid dienone is 1. The number of hydrogen-bond donors (Lipinski definition) is 1. The Labute approximate surface area is 108 Å². The Hall–Kier alpha value is -0.600. The Balaban J connectivity index is 1.83. The van der Waals surface area contributed by atoms with Crippen molar-refractivity contribution in [1.82, 2.24) is 0 Å². The maximum absolute atomic E-state index is 6.42. The first-order valence-electron chi connectivity index (χ1n) is 6.90. The molecule has 17 heavy (non-hydrogen) atoms. The zero-order valence-corrected chi connectivity index (χ0v) is 11.2. The van der Waals surface area contributed by atoms with E-state index in [9.17, 15) is 0 Å². The van der Waals surface area contributed by atoms with Gasteiger partial charge < -0.3 is 5.73 Å². The third-order valence-corrected chi connectivity index (χ3v) is 5.37. The summed E-state index contributed by atoms with van der Waals surface area (Å²) >= 11 is 1.97. The van der Waals surface area contributed by atoms with Gasteiger partial charge in [-0.25, -0.2) is 0 Å². The largest absolute Gasteiger partial charge is 0.320 e. The van der Waals surface area contributed by atoms with Crippen LogP contribution in [-0.4, -0.2) is 0 Å². The van der Waals surface area contributed by atoms with Crippen LogP contribution < -0.4 is 5.73 Å². The van der Waals surface area contributed by atoms with E-state index >= 15 is 0 Å². The number of thiophene rings is 1. The molecule has 1 unspecified atom stereocenters. The average Bonchev–Trinajstić information content (AvgIpc) is 2.82. The minimum atomic E-state index is 0.186. The molecule has 1 aromatic rings. The summed E-state index contributed by atoms with van der Waals surface area (Å²) in [5, 5.41) is 0. The van der Waals surface area contributed by atoms with Crippen LogP contribution in [0.4, 0.5) is 0 Å². The second kappa shape index (κ2) is 4.95. The minimum Gasteiger partial charge on any atom is -0.320 e. The normalized spacial score (nSPS) is 21.8. The van der Waals surface area contributed by atoms with E-state index in [0.717, 1.165) is 0 Å². The van der Waals surface area contributed by atoms with E-state index in [0.29, 0.717) is 0 Å². The molecule has 1 atom stereocenters. The molecule has 0 bridgehead atoms. The molecule has 0 fully saturated rings. The molecule has 1 aromatic heterocycles. The first-order valence-corrected chi connectivity index (χ1v) is 7.72. The van der Waals surface area contributed by atoms with Crippen LogP contribution in [0.5, 0.6) is 0 Å². The summed E-state index contributed by atoms with van der Waals surface area (Å²) in [5.41, 5.74) is 9.49. The van der Waals surface area contributed by atoms with E-state index < -0.39 is 0 Å². The van der Waals surface area contributed by atoms with E-state index in [1.54, 1.807) is 10.4 Å². The lowest BCUT2D eigenvalue weighted by molar-refractivity contribution is 0.651. The first kappa shape index (κ1) is 11.5. The SMILES string of the molecule is NC(C1=CCCCC1)c1cc2c(s1)CCCC2. The molecule has 1 heterocycles. The molecule has 92 valence electrons. The van der Waals surface area contributed by atoms with Gasteiger partial charge in [-0.05, 0) is 63.0 Å². The summed E-state index contributed by atoms with van der Waals surface area (Å²) in [6.07, 6.45) is 12.8. The highest BCUT2D eigenvalue weighted by Crippen LogP contribution is 2.36. The summed E-state index contributed by atoms with van der Waals surface area (Å²) in [4.78, 5) is 3.02. The van der Waals surface area contributed by atoms with Crippen LogP contribution in [0.2, 0.25) is 0 Å². The summed E-state index contributed by atoms with van der Waals surface area (Å²) in [7, 11) is 0. The number of aryl methyl sites for hydroxylation is 2. The van der Waals surface area contributed by atoms with Crippen LogP contribution in [0.3, 0.4) is 0 Å². The predicted octanol–water partition coefficient (Wildman–Crippen LogP) is 4.13. The Morgan fingerprint density at radius 3 is 2.65 bits per heavy atom. The lowest BCUT2D eigenvalue weighted by Crippen LogP contribution is -2.13. The predicted molar refractivity (Wildman–Crippen MR) is 74.4 cm³/mol. The third-order valence-electron chi connectivity index (χ3n) is 4.05. The van der Waals surface area contributed by atoms with E-state index in [-0.39, 0.29) is 6.04 Å². The van der Waals surface area contributed by atoms with Gasteiger partial charge in [-0.15, -0.1) is 11.3 Å². The van der Waals surface area contributed by atoms with Gasteiger partial charge in [0.25, 0.3) is 0 Å². The molecular formula is C15H21NS. The van der Waals surface area contributed by atoms with Crippen LogP contribution in [0.1, 0.15) is 59.9 Å². The van der Waals surface area contributed by atoms with Crippen LogP contribution in [0.25, 0.3) is 0 Å². The molecule has 2 N–H and O–H groups in total. The van der Waals surface area contributed by atoms with Crippen molar-refractivity contribution < 1.29 is 0 Å². The fourth-order valence-corrected chi connectivity index (χ4v) is 4.30. The molecule has 0 radical (unpaired) electrons. The molecule has 0 amide bonds. The van der Waals surface area contributed by atoms with Gasteiger partial charge in [0.15, 0.2) is 0 Å². The van der Waals surface area contributed by atoms with Gasteiger partial charge >= 0.3 is 0 Å². The van der Waals surface area contributed by atoms with Gasteiger partial charge in [-0.1, -0.05) is 11.6 Å². The lowest BCUT2D eigenvalue weighted by atomic mass is 9.92. The highest BCUT2D eigenvalue weighted by atomic mass is 32.1. The van der Waals surface area contributed by atoms with E-state index in [1.807, 2.05) is 11.3 Å². The van der Waals surface area contributed by atoms with Gasteiger partial charge in [0.2, 0.25) is 0 Å². The van der Waals surface area contributed by atoms with Crippen molar-refractivity contribution in [3.8, 4) is 0 Å². The van der Waals surface area contributed by atoms with Crippen molar-refractivity contribution in [1.29, 1.82) is 0 Å². The number of nitrogens with two attached hydrogens (primary N) is 1. The third kappa shape index (κ3) is 2.34. The monoisotopic (exact) mass is 247 g/mol. The summed E-state index contributed by atoms with van der Waals surface area (Å²) in [6, 6.07) is 2.57. The first-order chi connectivity index (χ1) is 8.34. The highest BCUT2D eigenvalue weighted by molar-refractivity contribution is 7.12. The van der Waals surface area contributed by atoms with Gasteiger partial charge in [-0.3, -0.25) is 0 Å². The van der Waals surface area contributed by atoms with Crippen molar-refractivity contribution in [3.63, 3.8) is 0 Å². The minimum absolute atomic E-state index is 0.186. The van der Waals surface area contributed by atoms with Crippen LogP contribution >= 0.6 is 11.3 Å². The van der Waals surface area contributed by atoms with Crippen LogP contribution in [0, 0.1) is 0 Å². The summed E-state index contributed by atoms with van der Waals surface area (Å²) in [6.45, 7) is 0. The number of hydrogen-bond acceptors (Lipinski definition) is 2. The fraction of sp³-hybridized carbons (Fsp3) is 0.600. The fourth-order valence-electron chi connectivity index (χ4n) is 3.00. The molecule has 1 nitrogen and oxygen atoms in total. The van der Waals surface area contributed by atoms with Crippen molar-refractivity contribution in [2.75, 3.05) is 0 Å². The van der Waals surface area contributed by atoms with Gasteiger partial charge in [-0.2, -0.15) is 0 Å². The molecule has 0 spiro atoms. The second-order valence-electron chi connectivity index (χ2n) is 5.31. The van der Waals surface area contributed by atoms with Crippen molar-refractivity contribution in [3.05, 3.63) is 33.0 Å². The maximum Gasteiger partial charge on any atom is 0.0605 e. The molecule has 3 rings (SSSR count). The Morgan fingerprint density at radius 2 is 1.88 bits per heavy atom. The topological polar surface area (TPSA) is 26.0 Å². The highest BCUT2D eigenvalue weighted by Gasteiger charge is 2.19. The molecule has 0 aliphatic heterocycles. The second-order valence-corrected chi connectivity index (χ2v) is 6.48. The molecule has 2 aliphatic carbocycles. The van der Waals surface area contributed by atoms with Crippen LogP contribution in [-0.2, 0) is 12.8 Å². The zero-order valence-electron chi connectivity index (χ0n) is 10.4. The Kier molecular flexibility index (Phi) is 3.34. The summed E-state index contributed by atoms with van der Waals surface area (Å²) in [5.74, 6) is 0. The molecule has 2 aliphatic rings. The smallest absolute Gasteiger partial charge is 0.0605 e. The molecule has 0 saturated carbocycles. The van der Waals surface area contributed by atoms with E-state index in [4.69, 9.17) is 5.73 Å². The maximum atomic E-state index is 6.42.